The summed E-state index contributed by atoms with van der Waals surface area (Å²) in [7, 11) is 0. The zero-order chi connectivity index (χ0) is 15.5. The normalized spacial score (nSPS) is 16.1. The van der Waals surface area contributed by atoms with E-state index in [-0.39, 0.29) is 12.1 Å². The van der Waals surface area contributed by atoms with Crippen LogP contribution in [-0.2, 0) is 4.74 Å². The lowest BCUT2D eigenvalue weighted by atomic mass is 10.1. The first-order valence-corrected chi connectivity index (χ1v) is 8.49. The van der Waals surface area contributed by atoms with Crippen molar-refractivity contribution >= 4 is 33.3 Å². The highest BCUT2D eigenvalue weighted by atomic mass is 32.1. The number of fused-ring (bicyclic) bond motifs is 1. The second kappa shape index (κ2) is 6.62. The largest absolute Gasteiger partial charge is 0.381 e. The summed E-state index contributed by atoms with van der Waals surface area (Å²) in [6.07, 6.45) is 1.75. The molecule has 6 heteroatoms. The molecule has 1 aliphatic heterocycles. The number of hydrogen-bond acceptors (Lipinski definition) is 4. The molecular weight excluding hydrogens is 298 g/mol. The van der Waals surface area contributed by atoms with Crippen molar-refractivity contribution in [3.63, 3.8) is 0 Å². The van der Waals surface area contributed by atoms with Crippen molar-refractivity contribution in [1.29, 1.82) is 0 Å². The first-order chi connectivity index (χ1) is 10.6. The topological polar surface area (TPSA) is 63.2 Å². The van der Waals surface area contributed by atoms with Crippen molar-refractivity contribution in [3.05, 3.63) is 23.2 Å². The molecule has 1 aromatic heterocycles. The Morgan fingerprint density at radius 2 is 2.14 bits per heavy atom. The maximum Gasteiger partial charge on any atom is 0.319 e. The first-order valence-electron chi connectivity index (χ1n) is 7.67. The van der Waals surface area contributed by atoms with Gasteiger partial charge in [0.05, 0.1) is 15.2 Å². The maximum atomic E-state index is 12.1. The van der Waals surface area contributed by atoms with Crippen LogP contribution in [0, 0.1) is 0 Å². The fourth-order valence-corrected chi connectivity index (χ4v) is 3.47. The number of urea groups is 1. The van der Waals surface area contributed by atoms with Gasteiger partial charge in [0, 0.05) is 30.9 Å². The Morgan fingerprint density at radius 1 is 1.36 bits per heavy atom. The number of aromatic nitrogens is 1. The standard InChI is InChI=1S/C16H21N3O2S/c1-10(2)15-19-13-4-3-12(9-14(13)22-15)18-16(20)17-11-5-7-21-8-6-11/h3-4,9-11H,5-8H2,1-2H3,(H2,17,18,20). The first kappa shape index (κ1) is 15.2. The maximum absolute atomic E-state index is 12.1. The minimum Gasteiger partial charge on any atom is -0.381 e. The molecule has 1 saturated heterocycles. The van der Waals surface area contributed by atoms with E-state index in [9.17, 15) is 4.79 Å². The van der Waals surface area contributed by atoms with Crippen LogP contribution in [0.4, 0.5) is 10.5 Å². The molecule has 1 fully saturated rings. The van der Waals surface area contributed by atoms with Gasteiger partial charge in [-0.15, -0.1) is 11.3 Å². The molecule has 0 unspecified atom stereocenters. The summed E-state index contributed by atoms with van der Waals surface area (Å²) >= 11 is 1.68. The van der Waals surface area contributed by atoms with Crippen molar-refractivity contribution in [3.8, 4) is 0 Å². The van der Waals surface area contributed by atoms with Gasteiger partial charge in [0.25, 0.3) is 0 Å². The molecule has 0 atom stereocenters. The van der Waals surface area contributed by atoms with E-state index in [1.54, 1.807) is 11.3 Å². The van der Waals surface area contributed by atoms with Crippen LogP contribution in [0.2, 0.25) is 0 Å². The zero-order valence-corrected chi connectivity index (χ0v) is 13.7. The van der Waals surface area contributed by atoms with Gasteiger partial charge in [-0.2, -0.15) is 0 Å². The molecule has 0 spiro atoms. The van der Waals surface area contributed by atoms with E-state index < -0.39 is 0 Å². The predicted octanol–water partition coefficient (Wildman–Crippen LogP) is 3.72. The molecule has 2 N–H and O–H groups in total. The number of thiazole rings is 1. The number of benzene rings is 1. The second-order valence-electron chi connectivity index (χ2n) is 5.87. The predicted molar refractivity (Wildman–Crippen MR) is 89.7 cm³/mol. The second-order valence-corrected chi connectivity index (χ2v) is 6.94. The fraction of sp³-hybridized carbons (Fsp3) is 0.500. The van der Waals surface area contributed by atoms with E-state index in [0.717, 1.165) is 47.0 Å². The summed E-state index contributed by atoms with van der Waals surface area (Å²) in [5, 5.41) is 7.03. The van der Waals surface area contributed by atoms with Gasteiger partial charge < -0.3 is 15.4 Å². The summed E-state index contributed by atoms with van der Waals surface area (Å²) in [5.74, 6) is 0.422. The lowest BCUT2D eigenvalue weighted by molar-refractivity contribution is 0.0806. The van der Waals surface area contributed by atoms with Crippen LogP contribution in [-0.4, -0.2) is 30.3 Å². The van der Waals surface area contributed by atoms with Gasteiger partial charge >= 0.3 is 6.03 Å². The van der Waals surface area contributed by atoms with Crippen molar-refractivity contribution in [2.45, 2.75) is 38.6 Å². The SMILES string of the molecule is CC(C)c1nc2ccc(NC(=O)NC3CCOCC3)cc2s1. The Labute approximate surface area is 134 Å². The zero-order valence-electron chi connectivity index (χ0n) is 12.9. The van der Waals surface area contributed by atoms with Gasteiger partial charge in [-0.3, -0.25) is 0 Å². The Hall–Kier alpha value is -1.66. The average Bonchev–Trinajstić information content (AvgIpc) is 2.91. The molecule has 0 saturated carbocycles. The molecule has 2 amide bonds. The molecule has 2 heterocycles. The molecule has 5 nitrogen and oxygen atoms in total. The van der Waals surface area contributed by atoms with Crippen molar-refractivity contribution in [2.75, 3.05) is 18.5 Å². The number of rotatable bonds is 3. The molecule has 0 radical (unpaired) electrons. The van der Waals surface area contributed by atoms with Gasteiger partial charge in [0.15, 0.2) is 0 Å². The lowest BCUT2D eigenvalue weighted by Crippen LogP contribution is -2.41. The number of hydrogen-bond donors (Lipinski definition) is 2. The summed E-state index contributed by atoms with van der Waals surface area (Å²) < 4.78 is 6.40. The highest BCUT2D eigenvalue weighted by Gasteiger charge is 2.16. The van der Waals surface area contributed by atoms with E-state index in [1.807, 2.05) is 18.2 Å². The van der Waals surface area contributed by atoms with Crippen LogP contribution in [0.25, 0.3) is 10.2 Å². The van der Waals surface area contributed by atoms with Crippen molar-refractivity contribution < 1.29 is 9.53 Å². The van der Waals surface area contributed by atoms with Crippen LogP contribution < -0.4 is 10.6 Å². The Balaban J connectivity index is 1.66. The molecule has 1 aliphatic rings. The van der Waals surface area contributed by atoms with Crippen LogP contribution in [0.1, 0.15) is 37.6 Å². The van der Waals surface area contributed by atoms with E-state index in [4.69, 9.17) is 4.74 Å². The summed E-state index contributed by atoms with van der Waals surface area (Å²) in [4.78, 5) is 16.7. The number of nitrogens with one attached hydrogen (secondary N) is 2. The minimum absolute atomic E-state index is 0.153. The van der Waals surface area contributed by atoms with Gasteiger partial charge in [0.1, 0.15) is 0 Å². The van der Waals surface area contributed by atoms with Gasteiger partial charge in [-0.25, -0.2) is 9.78 Å². The van der Waals surface area contributed by atoms with Crippen molar-refractivity contribution in [2.24, 2.45) is 0 Å². The minimum atomic E-state index is -0.153. The molecular formula is C16H21N3O2S. The number of amides is 2. The van der Waals surface area contributed by atoms with Crippen LogP contribution in [0.15, 0.2) is 18.2 Å². The average molecular weight is 319 g/mol. The molecule has 0 aliphatic carbocycles. The Kier molecular flexibility index (Phi) is 4.59. The molecule has 2 aromatic rings. The smallest absolute Gasteiger partial charge is 0.319 e. The summed E-state index contributed by atoms with van der Waals surface area (Å²) in [6, 6.07) is 5.90. The third kappa shape index (κ3) is 3.56. The third-order valence-corrected chi connectivity index (χ3v) is 5.03. The Morgan fingerprint density at radius 3 is 2.86 bits per heavy atom. The number of anilines is 1. The van der Waals surface area contributed by atoms with E-state index in [0.29, 0.717) is 5.92 Å². The quantitative estimate of drug-likeness (QED) is 0.906. The van der Waals surface area contributed by atoms with Crippen LogP contribution in [0.5, 0.6) is 0 Å². The molecule has 3 rings (SSSR count). The van der Waals surface area contributed by atoms with E-state index in [1.165, 1.54) is 0 Å². The molecule has 0 bridgehead atoms. The van der Waals surface area contributed by atoms with Gasteiger partial charge in [-0.05, 0) is 31.0 Å². The highest BCUT2D eigenvalue weighted by molar-refractivity contribution is 7.18. The highest BCUT2D eigenvalue weighted by Crippen LogP contribution is 2.29. The van der Waals surface area contributed by atoms with E-state index in [2.05, 4.69) is 29.5 Å². The van der Waals surface area contributed by atoms with E-state index >= 15 is 0 Å². The van der Waals surface area contributed by atoms with Crippen molar-refractivity contribution in [1.82, 2.24) is 10.3 Å². The Bertz CT molecular complexity index is 662. The summed E-state index contributed by atoms with van der Waals surface area (Å²) in [5.41, 5.74) is 1.79. The van der Waals surface area contributed by atoms with Gasteiger partial charge in [0.2, 0.25) is 0 Å². The monoisotopic (exact) mass is 319 g/mol. The van der Waals surface area contributed by atoms with Crippen LogP contribution in [0.3, 0.4) is 0 Å². The van der Waals surface area contributed by atoms with Crippen LogP contribution >= 0.6 is 11.3 Å². The van der Waals surface area contributed by atoms with Gasteiger partial charge in [-0.1, -0.05) is 13.8 Å². The number of carbonyl (C=O) groups is 1. The number of carbonyl (C=O) groups excluding carboxylic acids is 1. The third-order valence-electron chi connectivity index (χ3n) is 3.71. The molecule has 1 aromatic carbocycles. The fourth-order valence-electron chi connectivity index (χ4n) is 2.46. The number of nitrogens with zero attached hydrogens (tertiary/aromatic N) is 1. The number of ether oxygens (including phenoxy) is 1. The molecule has 118 valence electrons. The molecule has 22 heavy (non-hydrogen) atoms. The summed E-state index contributed by atoms with van der Waals surface area (Å²) in [6.45, 7) is 5.71. The lowest BCUT2D eigenvalue weighted by Gasteiger charge is -2.23.